The molecule has 2 saturated heterocycles. The van der Waals surface area contributed by atoms with Gasteiger partial charge in [0, 0.05) is 19.6 Å². The first kappa shape index (κ1) is 20.1. The van der Waals surface area contributed by atoms with Gasteiger partial charge in [0.1, 0.15) is 5.82 Å². The van der Waals surface area contributed by atoms with Crippen molar-refractivity contribution in [1.82, 2.24) is 15.5 Å². The number of rotatable bonds is 5. The van der Waals surface area contributed by atoms with Crippen LogP contribution in [0.1, 0.15) is 36.8 Å². The summed E-state index contributed by atoms with van der Waals surface area (Å²) >= 11 is 0. The second-order valence-corrected chi connectivity index (χ2v) is 7.21. The second-order valence-electron chi connectivity index (χ2n) is 7.21. The Hall–Kier alpha value is -1.17. The minimum absolute atomic E-state index is 0. The van der Waals surface area contributed by atoms with Gasteiger partial charge >= 0.3 is 0 Å². The molecule has 6 heteroatoms. The predicted molar refractivity (Wildman–Crippen MR) is 100 cm³/mol. The number of carbonyl (C=O) groups excluding carboxylic acids is 1. The summed E-state index contributed by atoms with van der Waals surface area (Å²) in [5, 5.41) is 6.36. The number of piperidine rings is 1. The van der Waals surface area contributed by atoms with Gasteiger partial charge in [0.05, 0.1) is 6.04 Å². The van der Waals surface area contributed by atoms with E-state index in [9.17, 15) is 9.18 Å². The van der Waals surface area contributed by atoms with Crippen LogP contribution in [0.3, 0.4) is 0 Å². The van der Waals surface area contributed by atoms with Gasteiger partial charge in [-0.15, -0.1) is 12.4 Å². The summed E-state index contributed by atoms with van der Waals surface area (Å²) in [7, 11) is 0. The normalized spacial score (nSPS) is 23.9. The molecule has 3 rings (SSSR count). The Morgan fingerprint density at radius 1 is 1.36 bits per heavy atom. The van der Waals surface area contributed by atoms with E-state index < -0.39 is 0 Å². The topological polar surface area (TPSA) is 44.4 Å². The van der Waals surface area contributed by atoms with Crippen LogP contribution in [0.25, 0.3) is 0 Å². The number of halogens is 2. The van der Waals surface area contributed by atoms with Gasteiger partial charge in [-0.25, -0.2) is 4.39 Å². The lowest BCUT2D eigenvalue weighted by atomic mass is 9.97. The minimum Gasteiger partial charge on any atom is -0.354 e. The van der Waals surface area contributed by atoms with Crippen LogP contribution >= 0.6 is 12.4 Å². The predicted octanol–water partition coefficient (Wildman–Crippen LogP) is 2.64. The zero-order chi connectivity index (χ0) is 16.9. The monoisotopic (exact) mass is 369 g/mol. The Balaban J connectivity index is 0.00000225. The first-order valence-corrected chi connectivity index (χ1v) is 9.10. The van der Waals surface area contributed by atoms with Crippen molar-refractivity contribution in [3.63, 3.8) is 0 Å². The summed E-state index contributed by atoms with van der Waals surface area (Å²) in [6.45, 7) is 6.61. The molecule has 2 heterocycles. The first-order valence-electron chi connectivity index (χ1n) is 9.10. The van der Waals surface area contributed by atoms with Gasteiger partial charge < -0.3 is 10.6 Å². The fraction of sp³-hybridized carbons (Fsp3) is 0.632. The lowest BCUT2D eigenvalue weighted by molar-refractivity contribution is -0.123. The Kier molecular flexibility index (Phi) is 7.66. The molecule has 4 nitrogen and oxygen atoms in total. The molecule has 1 aromatic carbocycles. The van der Waals surface area contributed by atoms with Crippen LogP contribution in [-0.2, 0) is 11.3 Å². The Labute approximate surface area is 156 Å². The lowest BCUT2D eigenvalue weighted by Gasteiger charge is -2.33. The Bertz CT molecular complexity index is 578. The quantitative estimate of drug-likeness (QED) is 0.838. The van der Waals surface area contributed by atoms with Gasteiger partial charge in [-0.05, 0) is 74.9 Å². The number of nitrogens with one attached hydrogen (secondary N) is 2. The molecule has 2 atom stereocenters. The number of amides is 1. The van der Waals surface area contributed by atoms with Crippen molar-refractivity contribution in [2.24, 2.45) is 5.92 Å². The van der Waals surface area contributed by atoms with Crippen LogP contribution in [0.15, 0.2) is 18.2 Å². The molecule has 140 valence electrons. The first-order chi connectivity index (χ1) is 11.6. The van der Waals surface area contributed by atoms with E-state index in [1.165, 1.54) is 5.56 Å². The fourth-order valence-electron chi connectivity index (χ4n) is 3.82. The third kappa shape index (κ3) is 5.66. The van der Waals surface area contributed by atoms with Crippen molar-refractivity contribution in [1.29, 1.82) is 0 Å². The number of hydrogen-bond acceptors (Lipinski definition) is 3. The number of hydrogen-bond donors (Lipinski definition) is 2. The maximum atomic E-state index is 13.2. The Morgan fingerprint density at radius 3 is 2.92 bits per heavy atom. The molecule has 0 saturated carbocycles. The standard InChI is InChI=1S/C19H28FN3O.ClH/c1-14-10-17(20)7-6-16(14)13-23-9-3-4-15(12-23)11-22-19(24)18-5-2-8-21-18;/h6-7,10,15,18,21H,2-5,8-9,11-13H2,1H3,(H,22,24);1H. The van der Waals surface area contributed by atoms with Gasteiger partial charge in [-0.3, -0.25) is 9.69 Å². The molecule has 0 aromatic heterocycles. The second kappa shape index (κ2) is 9.51. The SMILES string of the molecule is Cc1cc(F)ccc1CN1CCCC(CNC(=O)C2CCCN2)C1.Cl. The largest absolute Gasteiger partial charge is 0.354 e. The van der Waals surface area contributed by atoms with Crippen LogP contribution in [0, 0.1) is 18.7 Å². The van der Waals surface area contributed by atoms with E-state index in [4.69, 9.17) is 0 Å². The summed E-state index contributed by atoms with van der Waals surface area (Å²) in [5.41, 5.74) is 2.20. The van der Waals surface area contributed by atoms with Crippen LogP contribution in [0.2, 0.25) is 0 Å². The molecule has 25 heavy (non-hydrogen) atoms. The van der Waals surface area contributed by atoms with E-state index >= 15 is 0 Å². The smallest absolute Gasteiger partial charge is 0.237 e. The van der Waals surface area contributed by atoms with Crippen LogP contribution < -0.4 is 10.6 Å². The molecule has 0 radical (unpaired) electrons. The number of benzene rings is 1. The lowest BCUT2D eigenvalue weighted by Crippen LogP contribution is -2.45. The number of carbonyl (C=O) groups is 1. The summed E-state index contributed by atoms with van der Waals surface area (Å²) in [6, 6.07) is 5.04. The van der Waals surface area contributed by atoms with E-state index in [1.807, 2.05) is 13.0 Å². The average molecular weight is 370 g/mol. The zero-order valence-electron chi connectivity index (χ0n) is 14.9. The third-order valence-electron chi connectivity index (χ3n) is 5.24. The minimum atomic E-state index is -0.170. The molecule has 2 unspecified atom stereocenters. The summed E-state index contributed by atoms with van der Waals surface area (Å²) in [4.78, 5) is 14.5. The number of aryl methyl sites for hydroxylation is 1. The highest BCUT2D eigenvalue weighted by molar-refractivity contribution is 5.85. The molecule has 1 amide bonds. The summed E-state index contributed by atoms with van der Waals surface area (Å²) < 4.78 is 13.2. The van der Waals surface area contributed by atoms with Gasteiger partial charge in [0.2, 0.25) is 5.91 Å². The molecule has 2 fully saturated rings. The van der Waals surface area contributed by atoms with Gasteiger partial charge in [0.15, 0.2) is 0 Å². The molecule has 1 aromatic rings. The number of likely N-dealkylation sites (tertiary alicyclic amines) is 1. The van der Waals surface area contributed by atoms with Crippen molar-refractivity contribution >= 4 is 18.3 Å². The maximum absolute atomic E-state index is 13.2. The molecule has 0 aliphatic carbocycles. The fourth-order valence-corrected chi connectivity index (χ4v) is 3.82. The highest BCUT2D eigenvalue weighted by Gasteiger charge is 2.24. The van der Waals surface area contributed by atoms with E-state index in [1.54, 1.807) is 12.1 Å². The van der Waals surface area contributed by atoms with E-state index in [2.05, 4.69) is 15.5 Å². The van der Waals surface area contributed by atoms with Crippen molar-refractivity contribution in [3.05, 3.63) is 35.1 Å². The van der Waals surface area contributed by atoms with Crippen LogP contribution in [-0.4, -0.2) is 43.0 Å². The van der Waals surface area contributed by atoms with Crippen molar-refractivity contribution < 1.29 is 9.18 Å². The Morgan fingerprint density at radius 2 is 2.20 bits per heavy atom. The zero-order valence-corrected chi connectivity index (χ0v) is 15.7. The van der Waals surface area contributed by atoms with Crippen molar-refractivity contribution in [2.75, 3.05) is 26.2 Å². The van der Waals surface area contributed by atoms with E-state index in [-0.39, 0.29) is 30.2 Å². The molecule has 2 aliphatic rings. The maximum Gasteiger partial charge on any atom is 0.237 e. The highest BCUT2D eigenvalue weighted by atomic mass is 35.5. The third-order valence-corrected chi connectivity index (χ3v) is 5.24. The van der Waals surface area contributed by atoms with Crippen LogP contribution in [0.5, 0.6) is 0 Å². The van der Waals surface area contributed by atoms with E-state index in [0.29, 0.717) is 5.92 Å². The van der Waals surface area contributed by atoms with Crippen molar-refractivity contribution in [2.45, 2.75) is 45.2 Å². The molecule has 2 aliphatic heterocycles. The van der Waals surface area contributed by atoms with Gasteiger partial charge in [-0.2, -0.15) is 0 Å². The van der Waals surface area contributed by atoms with Crippen LogP contribution in [0.4, 0.5) is 4.39 Å². The molecule has 2 N–H and O–H groups in total. The molecule has 0 spiro atoms. The van der Waals surface area contributed by atoms with Gasteiger partial charge in [0.25, 0.3) is 0 Å². The highest BCUT2D eigenvalue weighted by Crippen LogP contribution is 2.20. The van der Waals surface area contributed by atoms with Crippen molar-refractivity contribution in [3.8, 4) is 0 Å². The molecular weight excluding hydrogens is 341 g/mol. The molecular formula is C19H29ClFN3O. The van der Waals surface area contributed by atoms with E-state index in [0.717, 1.165) is 64.0 Å². The molecule has 0 bridgehead atoms. The van der Waals surface area contributed by atoms with Gasteiger partial charge in [-0.1, -0.05) is 6.07 Å². The summed E-state index contributed by atoms with van der Waals surface area (Å²) in [5.74, 6) is 0.486. The number of nitrogens with zero attached hydrogens (tertiary/aromatic N) is 1. The average Bonchev–Trinajstić information content (AvgIpc) is 3.10. The summed E-state index contributed by atoms with van der Waals surface area (Å²) in [6.07, 6.45) is 4.36.